The normalized spacial score (nSPS) is 11.8. The number of amides is 1. The summed E-state index contributed by atoms with van der Waals surface area (Å²) in [4.78, 5) is 12.3. The Labute approximate surface area is 163 Å². The van der Waals surface area contributed by atoms with Crippen molar-refractivity contribution in [2.24, 2.45) is 0 Å². The fraction of sp³-hybridized carbons (Fsp3) is 0.316. The second kappa shape index (κ2) is 10.6. The molecule has 0 fully saturated rings. The van der Waals surface area contributed by atoms with E-state index in [2.05, 4.69) is 5.32 Å². The molecule has 25 heavy (non-hydrogen) atoms. The van der Waals surface area contributed by atoms with Crippen LogP contribution in [0.3, 0.4) is 0 Å². The monoisotopic (exact) mass is 397 g/mol. The maximum absolute atomic E-state index is 12.3. The highest BCUT2D eigenvalue weighted by Gasteiger charge is 2.18. The molecule has 1 atom stereocenters. The summed E-state index contributed by atoms with van der Waals surface area (Å²) in [5.41, 5.74) is 1.11. The quantitative estimate of drug-likeness (QED) is 0.590. The Morgan fingerprint density at radius 2 is 1.80 bits per heavy atom. The molecular weight excluding hydrogens is 377 g/mol. The third-order valence-corrected chi connectivity index (χ3v) is 5.22. The Hall–Kier alpha value is -1.36. The van der Waals surface area contributed by atoms with E-state index in [4.69, 9.17) is 27.9 Å². The number of carbonyl (C=O) groups is 1. The van der Waals surface area contributed by atoms with Gasteiger partial charge in [-0.2, -0.15) is 11.8 Å². The van der Waals surface area contributed by atoms with E-state index in [0.29, 0.717) is 23.7 Å². The summed E-state index contributed by atoms with van der Waals surface area (Å²) in [5.74, 6) is 2.03. The minimum atomic E-state index is -0.548. The zero-order chi connectivity index (χ0) is 18.1. The number of rotatable bonds is 9. The van der Waals surface area contributed by atoms with E-state index in [1.807, 2.05) is 43.3 Å². The van der Waals surface area contributed by atoms with Crippen molar-refractivity contribution in [3.63, 3.8) is 0 Å². The minimum absolute atomic E-state index is 0.124. The van der Waals surface area contributed by atoms with Gasteiger partial charge in [-0.25, -0.2) is 0 Å². The lowest BCUT2D eigenvalue weighted by atomic mass is 10.2. The standard InChI is InChI=1S/C19H21Cl2NO2S/c1-2-17(24-18-10-6-5-9-16(18)21)19(23)22-11-12-25-13-14-7-3-4-8-15(14)20/h3-10,17H,2,11-13H2,1H3,(H,22,23). The van der Waals surface area contributed by atoms with Crippen LogP contribution in [-0.2, 0) is 10.5 Å². The number of nitrogens with one attached hydrogen (secondary N) is 1. The Kier molecular flexibility index (Phi) is 8.45. The second-order valence-corrected chi connectivity index (χ2v) is 7.30. The highest BCUT2D eigenvalue weighted by Crippen LogP contribution is 2.25. The number of ether oxygens (including phenoxy) is 1. The van der Waals surface area contributed by atoms with Gasteiger partial charge in [0.1, 0.15) is 5.75 Å². The average Bonchev–Trinajstić information content (AvgIpc) is 2.62. The largest absolute Gasteiger partial charge is 0.479 e. The number of carbonyl (C=O) groups excluding carboxylic acids is 1. The summed E-state index contributed by atoms with van der Waals surface area (Å²) in [6.45, 7) is 2.49. The van der Waals surface area contributed by atoms with Crippen molar-refractivity contribution in [2.75, 3.05) is 12.3 Å². The molecule has 2 rings (SSSR count). The van der Waals surface area contributed by atoms with Crippen LogP contribution in [-0.4, -0.2) is 24.3 Å². The van der Waals surface area contributed by atoms with Crippen molar-refractivity contribution in [3.05, 3.63) is 64.1 Å². The molecule has 0 saturated carbocycles. The molecule has 2 aromatic rings. The molecule has 134 valence electrons. The van der Waals surface area contributed by atoms with Crippen molar-refractivity contribution in [3.8, 4) is 5.75 Å². The second-order valence-electron chi connectivity index (χ2n) is 5.38. The Bertz CT molecular complexity index is 697. The average molecular weight is 398 g/mol. The van der Waals surface area contributed by atoms with E-state index >= 15 is 0 Å². The molecule has 1 unspecified atom stereocenters. The fourth-order valence-corrected chi connectivity index (χ4v) is 3.50. The van der Waals surface area contributed by atoms with Crippen LogP contribution in [0, 0.1) is 0 Å². The maximum atomic E-state index is 12.3. The number of para-hydroxylation sites is 1. The van der Waals surface area contributed by atoms with Gasteiger partial charge in [0.15, 0.2) is 6.10 Å². The molecule has 0 bridgehead atoms. The van der Waals surface area contributed by atoms with Gasteiger partial charge >= 0.3 is 0 Å². The van der Waals surface area contributed by atoms with Gasteiger partial charge in [0.2, 0.25) is 0 Å². The van der Waals surface area contributed by atoms with Crippen LogP contribution in [0.4, 0.5) is 0 Å². The Balaban J connectivity index is 1.73. The predicted octanol–water partition coefficient (Wildman–Crippen LogP) is 5.20. The molecule has 0 radical (unpaired) electrons. The van der Waals surface area contributed by atoms with Gasteiger partial charge in [-0.3, -0.25) is 4.79 Å². The van der Waals surface area contributed by atoms with Gasteiger partial charge < -0.3 is 10.1 Å². The predicted molar refractivity (Wildman–Crippen MR) is 107 cm³/mol. The molecule has 1 amide bonds. The summed E-state index contributed by atoms with van der Waals surface area (Å²) in [7, 11) is 0. The highest BCUT2D eigenvalue weighted by atomic mass is 35.5. The van der Waals surface area contributed by atoms with Crippen molar-refractivity contribution >= 4 is 40.9 Å². The van der Waals surface area contributed by atoms with Gasteiger partial charge in [-0.1, -0.05) is 60.5 Å². The van der Waals surface area contributed by atoms with E-state index in [9.17, 15) is 4.79 Å². The van der Waals surface area contributed by atoms with Crippen LogP contribution in [0.2, 0.25) is 10.0 Å². The number of thioether (sulfide) groups is 1. The summed E-state index contributed by atoms with van der Waals surface area (Å²) in [6.07, 6.45) is 0.0255. The zero-order valence-corrected chi connectivity index (χ0v) is 16.3. The first-order valence-electron chi connectivity index (χ1n) is 8.12. The van der Waals surface area contributed by atoms with Gasteiger partial charge in [0, 0.05) is 23.1 Å². The van der Waals surface area contributed by atoms with Crippen LogP contribution >= 0.6 is 35.0 Å². The lowest BCUT2D eigenvalue weighted by Gasteiger charge is -2.18. The van der Waals surface area contributed by atoms with Crippen LogP contribution in [0.15, 0.2) is 48.5 Å². The number of hydrogen-bond donors (Lipinski definition) is 1. The fourth-order valence-electron chi connectivity index (χ4n) is 2.17. The van der Waals surface area contributed by atoms with Gasteiger partial charge in [0.25, 0.3) is 5.91 Å². The first kappa shape index (κ1) is 20.0. The summed E-state index contributed by atoms with van der Waals surface area (Å²) in [6, 6.07) is 15.0. The molecule has 0 spiro atoms. The number of hydrogen-bond acceptors (Lipinski definition) is 3. The first-order valence-corrected chi connectivity index (χ1v) is 10.0. The third kappa shape index (κ3) is 6.46. The molecule has 2 aromatic carbocycles. The lowest BCUT2D eigenvalue weighted by molar-refractivity contribution is -0.127. The van der Waals surface area contributed by atoms with E-state index in [0.717, 1.165) is 22.1 Å². The van der Waals surface area contributed by atoms with Gasteiger partial charge in [-0.05, 0) is 30.2 Å². The van der Waals surface area contributed by atoms with Crippen molar-refractivity contribution in [2.45, 2.75) is 25.2 Å². The summed E-state index contributed by atoms with van der Waals surface area (Å²) < 4.78 is 5.73. The highest BCUT2D eigenvalue weighted by molar-refractivity contribution is 7.98. The molecule has 0 saturated heterocycles. The first-order chi connectivity index (χ1) is 12.1. The minimum Gasteiger partial charge on any atom is -0.479 e. The van der Waals surface area contributed by atoms with Crippen molar-refractivity contribution < 1.29 is 9.53 Å². The molecule has 0 aliphatic heterocycles. The number of halogens is 2. The van der Waals surface area contributed by atoms with Crippen LogP contribution < -0.4 is 10.1 Å². The van der Waals surface area contributed by atoms with Gasteiger partial charge in [-0.15, -0.1) is 0 Å². The molecule has 1 N–H and O–H groups in total. The van der Waals surface area contributed by atoms with Crippen molar-refractivity contribution in [1.82, 2.24) is 5.32 Å². The third-order valence-electron chi connectivity index (χ3n) is 3.53. The molecule has 0 aliphatic carbocycles. The SMILES string of the molecule is CCC(Oc1ccccc1Cl)C(=O)NCCSCc1ccccc1Cl. The van der Waals surface area contributed by atoms with Gasteiger partial charge in [0.05, 0.1) is 5.02 Å². The molecule has 3 nitrogen and oxygen atoms in total. The van der Waals surface area contributed by atoms with E-state index in [1.54, 1.807) is 23.9 Å². The Morgan fingerprint density at radius 1 is 1.12 bits per heavy atom. The smallest absolute Gasteiger partial charge is 0.261 e. The number of benzene rings is 2. The molecule has 6 heteroatoms. The van der Waals surface area contributed by atoms with E-state index in [1.165, 1.54) is 0 Å². The van der Waals surface area contributed by atoms with Crippen LogP contribution in [0.5, 0.6) is 5.75 Å². The molecule has 0 aliphatic rings. The van der Waals surface area contributed by atoms with E-state index in [-0.39, 0.29) is 5.91 Å². The summed E-state index contributed by atoms with van der Waals surface area (Å²) >= 11 is 13.9. The van der Waals surface area contributed by atoms with Crippen LogP contribution in [0.1, 0.15) is 18.9 Å². The zero-order valence-electron chi connectivity index (χ0n) is 14.0. The van der Waals surface area contributed by atoms with E-state index < -0.39 is 6.10 Å². The molecule has 0 heterocycles. The van der Waals surface area contributed by atoms with Crippen molar-refractivity contribution in [1.29, 1.82) is 0 Å². The topological polar surface area (TPSA) is 38.3 Å². The molecule has 0 aromatic heterocycles. The lowest BCUT2D eigenvalue weighted by Crippen LogP contribution is -2.39. The summed E-state index contributed by atoms with van der Waals surface area (Å²) in [5, 5.41) is 4.19. The Morgan fingerprint density at radius 3 is 2.48 bits per heavy atom. The molecular formula is C19H21Cl2NO2S. The van der Waals surface area contributed by atoms with Crippen LogP contribution in [0.25, 0.3) is 0 Å². The maximum Gasteiger partial charge on any atom is 0.261 e.